The number of carboxylic acids is 1. The fourth-order valence-corrected chi connectivity index (χ4v) is 4.20. The fourth-order valence-electron chi connectivity index (χ4n) is 4.20. The zero-order valence-electron chi connectivity index (χ0n) is 21.6. The minimum atomic E-state index is -1.25. The van der Waals surface area contributed by atoms with E-state index in [1.807, 2.05) is 0 Å². The van der Waals surface area contributed by atoms with Crippen molar-refractivity contribution in [3.8, 4) is 28.2 Å². The van der Waals surface area contributed by atoms with Crippen LogP contribution in [0.3, 0.4) is 0 Å². The number of phenolic OH excluding ortho intramolecular Hbond substituents is 1. The number of anilines is 1. The molecule has 10 nitrogen and oxygen atoms in total. The van der Waals surface area contributed by atoms with Crippen LogP contribution in [0.4, 0.5) is 5.69 Å². The zero-order chi connectivity index (χ0) is 28.5. The third-order valence-corrected chi connectivity index (χ3v) is 5.88. The molecule has 0 radical (unpaired) electrons. The summed E-state index contributed by atoms with van der Waals surface area (Å²) in [5.74, 6) is -2.16. The third-order valence-electron chi connectivity index (χ3n) is 5.88. The van der Waals surface area contributed by atoms with Crippen LogP contribution in [0, 0.1) is 0 Å². The van der Waals surface area contributed by atoms with Crippen LogP contribution in [-0.2, 0) is 14.3 Å². The number of nitrogens with one attached hydrogen (secondary N) is 1. The van der Waals surface area contributed by atoms with Gasteiger partial charge in [-0.05, 0) is 69.2 Å². The van der Waals surface area contributed by atoms with E-state index in [0.29, 0.717) is 22.1 Å². The maximum absolute atomic E-state index is 12.7. The van der Waals surface area contributed by atoms with Gasteiger partial charge in [0.05, 0.1) is 11.6 Å². The summed E-state index contributed by atoms with van der Waals surface area (Å²) < 4.78 is 11.1. The van der Waals surface area contributed by atoms with Gasteiger partial charge in [0.2, 0.25) is 5.91 Å². The summed E-state index contributed by atoms with van der Waals surface area (Å²) in [6.45, 7) is 5.21. The van der Waals surface area contributed by atoms with Crippen molar-refractivity contribution in [3.05, 3.63) is 70.4 Å². The van der Waals surface area contributed by atoms with Gasteiger partial charge >= 0.3 is 11.9 Å². The summed E-state index contributed by atoms with van der Waals surface area (Å²) in [6, 6.07) is 12.0. The van der Waals surface area contributed by atoms with Gasteiger partial charge in [-0.3, -0.25) is 14.4 Å². The molecule has 1 unspecified atom stereocenters. The molecule has 1 aliphatic heterocycles. The van der Waals surface area contributed by atoms with Crippen molar-refractivity contribution in [2.75, 3.05) is 5.32 Å². The van der Waals surface area contributed by atoms with Crippen LogP contribution >= 0.6 is 0 Å². The number of nitrogens with two attached hydrogens (primary N) is 1. The highest BCUT2D eigenvalue weighted by Crippen LogP contribution is 2.42. The number of carbonyl (C=O) groups excluding carboxylic acids is 2. The molecule has 202 valence electrons. The molecule has 1 aliphatic carbocycles. The second kappa shape index (κ2) is 10.6. The maximum Gasteiger partial charge on any atom is 0.336 e. The molecule has 5 N–H and O–H groups in total. The molecule has 2 aromatic carbocycles. The van der Waals surface area contributed by atoms with Gasteiger partial charge in [-0.2, -0.15) is 0 Å². The first-order valence-corrected chi connectivity index (χ1v) is 12.2. The van der Waals surface area contributed by atoms with E-state index >= 15 is 0 Å². The first-order valence-electron chi connectivity index (χ1n) is 12.2. The van der Waals surface area contributed by atoms with E-state index in [0.717, 1.165) is 0 Å². The van der Waals surface area contributed by atoms with E-state index in [2.05, 4.69) is 5.32 Å². The molecule has 39 heavy (non-hydrogen) atoms. The van der Waals surface area contributed by atoms with Crippen LogP contribution in [0.2, 0.25) is 0 Å². The van der Waals surface area contributed by atoms with E-state index in [9.17, 15) is 29.4 Å². The molecule has 0 saturated heterocycles. The molecular weight excluding hydrogens is 504 g/mol. The van der Waals surface area contributed by atoms with Crippen molar-refractivity contribution in [3.63, 3.8) is 0 Å². The predicted molar refractivity (Wildman–Crippen MR) is 145 cm³/mol. The third kappa shape index (κ3) is 6.24. The van der Waals surface area contributed by atoms with Crippen molar-refractivity contribution in [2.24, 2.45) is 5.73 Å². The van der Waals surface area contributed by atoms with E-state index in [1.54, 1.807) is 32.9 Å². The normalized spacial score (nSPS) is 12.3. The SMILES string of the molecule is CC(C)(C)OC(=O)CCC(N)C(=O)Nc1ccc(-c2c3ccc(=O)cc-3oc3cc(O)ccc23)c(C(=O)O)c1. The number of phenols is 1. The summed E-state index contributed by atoms with van der Waals surface area (Å²) in [5, 5.41) is 23.1. The lowest BCUT2D eigenvalue weighted by Gasteiger charge is -2.20. The van der Waals surface area contributed by atoms with Crippen LogP contribution in [0.5, 0.6) is 5.75 Å². The van der Waals surface area contributed by atoms with Crippen LogP contribution in [-0.4, -0.2) is 39.7 Å². The van der Waals surface area contributed by atoms with Crippen LogP contribution in [0.15, 0.2) is 63.8 Å². The highest BCUT2D eigenvalue weighted by molar-refractivity contribution is 6.08. The van der Waals surface area contributed by atoms with Gasteiger partial charge in [-0.25, -0.2) is 4.79 Å². The highest BCUT2D eigenvalue weighted by atomic mass is 16.6. The lowest BCUT2D eigenvalue weighted by Crippen LogP contribution is -2.36. The molecular formula is C29H28N2O8. The van der Waals surface area contributed by atoms with Gasteiger partial charge in [0, 0.05) is 40.8 Å². The number of aromatic carboxylic acids is 1. The number of carbonyl (C=O) groups is 3. The van der Waals surface area contributed by atoms with Crippen molar-refractivity contribution in [1.29, 1.82) is 0 Å². The van der Waals surface area contributed by atoms with Gasteiger partial charge in [0.15, 0.2) is 5.43 Å². The summed E-state index contributed by atoms with van der Waals surface area (Å²) in [5.41, 5.74) is 6.62. The standard InChI is InChI=1S/C29H28N2O8/c1-29(2,3)39-25(34)11-10-22(30)27(35)31-15-4-7-18(21(12-15)28(36)37)26-19-8-5-16(32)13-23(19)38-24-14-17(33)6-9-20(24)26/h4-9,12-14,22,32H,10-11,30H2,1-3H3,(H,31,35)(H,36,37). The van der Waals surface area contributed by atoms with Crippen LogP contribution < -0.4 is 16.5 Å². The average Bonchev–Trinajstić information content (AvgIpc) is 2.84. The number of ether oxygens (including phenoxy) is 1. The predicted octanol–water partition coefficient (Wildman–Crippen LogP) is 4.36. The Kier molecular flexibility index (Phi) is 7.42. The molecule has 2 aliphatic rings. The number of fused-ring (bicyclic) bond motifs is 2. The molecule has 0 fully saturated rings. The number of hydrogen-bond donors (Lipinski definition) is 4. The zero-order valence-corrected chi connectivity index (χ0v) is 21.6. The Labute approximate surface area is 223 Å². The van der Waals surface area contributed by atoms with Gasteiger partial charge in [-0.1, -0.05) is 6.07 Å². The maximum atomic E-state index is 12.7. The second-order valence-electron chi connectivity index (χ2n) is 10.1. The lowest BCUT2D eigenvalue weighted by atomic mass is 9.90. The van der Waals surface area contributed by atoms with Gasteiger partial charge in [-0.15, -0.1) is 0 Å². The molecule has 0 spiro atoms. The fraction of sp³-hybridized carbons (Fsp3) is 0.241. The number of aromatic hydroxyl groups is 1. The Morgan fingerprint density at radius 2 is 1.74 bits per heavy atom. The van der Waals surface area contributed by atoms with Gasteiger partial charge < -0.3 is 30.4 Å². The molecule has 10 heteroatoms. The summed E-state index contributed by atoms with van der Waals surface area (Å²) in [6.07, 6.45) is -0.00430. The van der Waals surface area contributed by atoms with Crippen LogP contribution in [0.1, 0.15) is 44.0 Å². The summed E-state index contributed by atoms with van der Waals surface area (Å²) >= 11 is 0. The highest BCUT2D eigenvalue weighted by Gasteiger charge is 2.24. The number of benzene rings is 3. The van der Waals surface area contributed by atoms with Crippen molar-refractivity contribution in [1.82, 2.24) is 0 Å². The van der Waals surface area contributed by atoms with Crippen molar-refractivity contribution in [2.45, 2.75) is 45.3 Å². The molecule has 1 atom stereocenters. The molecule has 0 saturated carbocycles. The smallest absolute Gasteiger partial charge is 0.336 e. The number of rotatable bonds is 7. The van der Waals surface area contributed by atoms with Crippen LogP contribution in [0.25, 0.3) is 33.4 Å². The molecule has 4 rings (SSSR count). The van der Waals surface area contributed by atoms with Gasteiger partial charge in [0.1, 0.15) is 22.7 Å². The summed E-state index contributed by atoms with van der Waals surface area (Å²) in [4.78, 5) is 48.9. The Morgan fingerprint density at radius 3 is 2.44 bits per heavy atom. The largest absolute Gasteiger partial charge is 0.508 e. The minimum Gasteiger partial charge on any atom is -0.508 e. The minimum absolute atomic E-state index is 0.0463. The monoisotopic (exact) mass is 532 g/mol. The first-order chi connectivity index (χ1) is 18.3. The molecule has 2 aromatic rings. The Morgan fingerprint density at radius 1 is 1.03 bits per heavy atom. The Balaban J connectivity index is 1.68. The van der Waals surface area contributed by atoms with E-state index in [4.69, 9.17) is 14.9 Å². The average molecular weight is 533 g/mol. The second-order valence-corrected chi connectivity index (χ2v) is 10.1. The number of esters is 1. The molecule has 0 bridgehead atoms. The van der Waals surface area contributed by atoms with Crippen molar-refractivity contribution < 1.29 is 33.8 Å². The van der Waals surface area contributed by atoms with Crippen molar-refractivity contribution >= 4 is 34.5 Å². The molecule has 0 aromatic heterocycles. The van der Waals surface area contributed by atoms with E-state index < -0.39 is 29.5 Å². The van der Waals surface area contributed by atoms with E-state index in [1.165, 1.54) is 42.5 Å². The number of amides is 1. The molecule has 1 amide bonds. The first kappa shape index (κ1) is 27.3. The molecule has 1 heterocycles. The van der Waals surface area contributed by atoms with Gasteiger partial charge in [0.25, 0.3) is 0 Å². The Bertz CT molecular complexity index is 1620. The quantitative estimate of drug-likeness (QED) is 0.200. The number of carboxylic acid groups (broad SMARTS) is 1. The topological polar surface area (TPSA) is 169 Å². The lowest BCUT2D eigenvalue weighted by molar-refractivity contribution is -0.155. The Hall–Kier alpha value is -4.70. The summed E-state index contributed by atoms with van der Waals surface area (Å²) in [7, 11) is 0. The number of hydrogen-bond acceptors (Lipinski definition) is 8. The van der Waals surface area contributed by atoms with E-state index in [-0.39, 0.29) is 46.6 Å².